The van der Waals surface area contributed by atoms with Crippen LogP contribution in [-0.2, 0) is 35.0 Å². The Hall–Kier alpha value is -2.97. The summed E-state index contributed by atoms with van der Waals surface area (Å²) in [5.41, 5.74) is -2.16. The molecule has 0 atom stereocenters. The molecule has 0 radical (unpaired) electrons. The molecule has 0 amide bonds. The van der Waals surface area contributed by atoms with Crippen molar-refractivity contribution in [3.8, 4) is 0 Å². The van der Waals surface area contributed by atoms with E-state index in [1.807, 2.05) is 0 Å². The number of carbonyl (C=O) groups excluding carboxylic acids is 3. The molecule has 0 aromatic heterocycles. The second kappa shape index (κ2) is 9.50. The first-order chi connectivity index (χ1) is 12.3. The molecule has 0 aliphatic rings. The highest BCUT2D eigenvalue weighted by atomic mass is 16.6. The van der Waals surface area contributed by atoms with E-state index in [4.69, 9.17) is 14.2 Å². The van der Waals surface area contributed by atoms with Gasteiger partial charge in [0, 0.05) is 18.6 Å². The molecule has 9 heteroatoms. The molecule has 1 rings (SSSR count). The van der Waals surface area contributed by atoms with Gasteiger partial charge in [0.2, 0.25) is 0 Å². The van der Waals surface area contributed by atoms with Crippen LogP contribution in [0, 0.1) is 15.5 Å². The number of carbonyl (C=O) groups is 3. The van der Waals surface area contributed by atoms with Crippen molar-refractivity contribution in [1.29, 1.82) is 0 Å². The monoisotopic (exact) mass is 367 g/mol. The number of non-ortho nitro benzene ring substituents is 1. The summed E-state index contributed by atoms with van der Waals surface area (Å²) >= 11 is 0. The first kappa shape index (κ1) is 21.1. The molecule has 0 unspecified atom stereocenters. The number of nitro groups is 1. The minimum Gasteiger partial charge on any atom is -0.465 e. The Kier molecular flexibility index (Phi) is 7.70. The van der Waals surface area contributed by atoms with Crippen LogP contribution in [0.2, 0.25) is 0 Å². The van der Waals surface area contributed by atoms with E-state index >= 15 is 0 Å². The molecule has 1 aromatic carbocycles. The van der Waals surface area contributed by atoms with Crippen LogP contribution in [-0.4, -0.2) is 42.7 Å². The van der Waals surface area contributed by atoms with E-state index in [9.17, 15) is 24.5 Å². The van der Waals surface area contributed by atoms with Gasteiger partial charge in [0.25, 0.3) is 11.1 Å². The fraction of sp³-hybridized carbons (Fsp3) is 0.471. The van der Waals surface area contributed by atoms with Crippen molar-refractivity contribution in [2.24, 2.45) is 5.41 Å². The maximum Gasteiger partial charge on any atom is 0.335 e. The molecule has 0 aliphatic carbocycles. The quantitative estimate of drug-likeness (QED) is 0.213. The van der Waals surface area contributed by atoms with Gasteiger partial charge in [-0.05, 0) is 26.3 Å². The average Bonchev–Trinajstić information content (AvgIpc) is 2.60. The largest absolute Gasteiger partial charge is 0.465 e. The van der Waals surface area contributed by atoms with E-state index in [1.165, 1.54) is 45.0 Å². The lowest BCUT2D eigenvalue weighted by Crippen LogP contribution is -2.51. The van der Waals surface area contributed by atoms with Crippen LogP contribution in [0.4, 0.5) is 5.69 Å². The van der Waals surface area contributed by atoms with Gasteiger partial charge in [0.15, 0.2) is 0 Å². The van der Waals surface area contributed by atoms with Gasteiger partial charge in [-0.25, -0.2) is 0 Å². The fourth-order valence-electron chi connectivity index (χ4n) is 2.27. The third kappa shape index (κ3) is 4.56. The Morgan fingerprint density at radius 2 is 1.27 bits per heavy atom. The van der Waals surface area contributed by atoms with E-state index in [0.29, 0.717) is 5.56 Å². The van der Waals surface area contributed by atoms with Crippen molar-refractivity contribution >= 4 is 23.6 Å². The lowest BCUT2D eigenvalue weighted by molar-refractivity contribution is -0.384. The molecule has 0 bridgehead atoms. The predicted octanol–water partition coefficient (Wildman–Crippen LogP) is 1.81. The van der Waals surface area contributed by atoms with E-state index in [0.717, 1.165) is 0 Å². The minimum absolute atomic E-state index is 0.0559. The van der Waals surface area contributed by atoms with E-state index in [-0.39, 0.29) is 25.5 Å². The fourth-order valence-corrected chi connectivity index (χ4v) is 2.27. The third-order valence-electron chi connectivity index (χ3n) is 3.49. The molecule has 0 N–H and O–H groups in total. The number of esters is 3. The van der Waals surface area contributed by atoms with Crippen molar-refractivity contribution in [3.63, 3.8) is 0 Å². The SMILES string of the molecule is CCOC(=O)C(Cc1ccc([N+](=O)[O-])cc1)(C(=O)OCC)C(=O)OCC. The molecule has 0 heterocycles. The van der Waals surface area contributed by atoms with Crippen LogP contribution in [0.1, 0.15) is 26.3 Å². The molecule has 9 nitrogen and oxygen atoms in total. The summed E-state index contributed by atoms with van der Waals surface area (Å²) in [6, 6.07) is 5.12. The molecule has 0 saturated carbocycles. The summed E-state index contributed by atoms with van der Waals surface area (Å²) in [6.45, 7) is 4.43. The van der Waals surface area contributed by atoms with Crippen molar-refractivity contribution in [2.75, 3.05) is 19.8 Å². The van der Waals surface area contributed by atoms with Crippen LogP contribution in [0.25, 0.3) is 0 Å². The summed E-state index contributed by atoms with van der Waals surface area (Å²) in [5.74, 6) is -3.26. The molecule has 0 aliphatic heterocycles. The molecule has 26 heavy (non-hydrogen) atoms. The lowest BCUT2D eigenvalue weighted by Gasteiger charge is -2.27. The van der Waals surface area contributed by atoms with E-state index in [1.54, 1.807) is 0 Å². The number of nitrogens with zero attached hydrogens (tertiary/aromatic N) is 1. The van der Waals surface area contributed by atoms with Crippen LogP contribution < -0.4 is 0 Å². The summed E-state index contributed by atoms with van der Waals surface area (Å²) in [7, 11) is 0. The lowest BCUT2D eigenvalue weighted by atomic mass is 9.81. The third-order valence-corrected chi connectivity index (χ3v) is 3.49. The van der Waals surface area contributed by atoms with Crippen molar-refractivity contribution in [3.05, 3.63) is 39.9 Å². The van der Waals surface area contributed by atoms with E-state index < -0.39 is 34.7 Å². The number of ether oxygens (including phenoxy) is 3. The van der Waals surface area contributed by atoms with Crippen molar-refractivity contribution in [2.45, 2.75) is 27.2 Å². The first-order valence-corrected chi connectivity index (χ1v) is 8.08. The normalized spacial score (nSPS) is 10.7. The van der Waals surface area contributed by atoms with Gasteiger partial charge in [-0.15, -0.1) is 0 Å². The highest BCUT2D eigenvalue weighted by molar-refractivity contribution is 6.18. The van der Waals surface area contributed by atoms with Gasteiger partial charge in [-0.2, -0.15) is 0 Å². The number of hydrogen-bond donors (Lipinski definition) is 0. The summed E-state index contributed by atoms with van der Waals surface area (Å²) in [6.07, 6.45) is -0.401. The Bertz CT molecular complexity index is 622. The summed E-state index contributed by atoms with van der Waals surface area (Å²) in [5, 5.41) is 10.8. The van der Waals surface area contributed by atoms with Crippen molar-refractivity contribution in [1.82, 2.24) is 0 Å². The summed E-state index contributed by atoms with van der Waals surface area (Å²) < 4.78 is 14.8. The van der Waals surface area contributed by atoms with Crippen LogP contribution in [0.15, 0.2) is 24.3 Å². The molecule has 0 spiro atoms. The smallest absolute Gasteiger partial charge is 0.335 e. The van der Waals surface area contributed by atoms with Crippen LogP contribution >= 0.6 is 0 Å². The average molecular weight is 367 g/mol. The molecule has 0 saturated heterocycles. The summed E-state index contributed by atoms with van der Waals surface area (Å²) in [4.78, 5) is 47.8. The minimum atomic E-state index is -2.34. The second-order valence-corrected chi connectivity index (χ2v) is 5.17. The van der Waals surface area contributed by atoms with Crippen LogP contribution in [0.5, 0.6) is 0 Å². The number of benzene rings is 1. The number of hydrogen-bond acceptors (Lipinski definition) is 8. The topological polar surface area (TPSA) is 122 Å². The zero-order valence-corrected chi connectivity index (χ0v) is 14.9. The molecule has 0 fully saturated rings. The molecular weight excluding hydrogens is 346 g/mol. The van der Waals surface area contributed by atoms with Gasteiger partial charge >= 0.3 is 17.9 Å². The molecule has 1 aromatic rings. The van der Waals surface area contributed by atoms with Crippen molar-refractivity contribution < 1.29 is 33.5 Å². The van der Waals surface area contributed by atoms with Gasteiger partial charge in [-0.1, -0.05) is 12.1 Å². The maximum atomic E-state index is 12.5. The first-order valence-electron chi connectivity index (χ1n) is 8.08. The number of rotatable bonds is 9. The zero-order chi connectivity index (χ0) is 19.7. The molecule has 142 valence electrons. The predicted molar refractivity (Wildman–Crippen MR) is 89.1 cm³/mol. The maximum absolute atomic E-state index is 12.5. The Labute approximate surface area is 150 Å². The molecular formula is C17H21NO8. The van der Waals surface area contributed by atoms with Crippen LogP contribution in [0.3, 0.4) is 0 Å². The standard InChI is InChI=1S/C17H21NO8/c1-4-24-14(19)17(15(20)25-5-2,16(21)26-6-3)11-12-7-9-13(10-8-12)18(22)23/h7-10H,4-6,11H2,1-3H3. The van der Waals surface area contributed by atoms with Gasteiger partial charge in [-0.3, -0.25) is 24.5 Å². The Morgan fingerprint density at radius 3 is 1.58 bits per heavy atom. The van der Waals surface area contributed by atoms with Gasteiger partial charge in [0.05, 0.1) is 24.7 Å². The van der Waals surface area contributed by atoms with Gasteiger partial charge < -0.3 is 14.2 Å². The second-order valence-electron chi connectivity index (χ2n) is 5.17. The Balaban J connectivity index is 3.38. The zero-order valence-electron chi connectivity index (χ0n) is 14.9. The highest BCUT2D eigenvalue weighted by Crippen LogP contribution is 2.30. The highest BCUT2D eigenvalue weighted by Gasteiger charge is 2.57. The Morgan fingerprint density at radius 1 is 0.885 bits per heavy atom. The number of nitro benzene ring substituents is 1. The van der Waals surface area contributed by atoms with E-state index in [2.05, 4.69) is 0 Å². The van der Waals surface area contributed by atoms with Gasteiger partial charge in [0.1, 0.15) is 0 Å².